The number of nitrogens with zero attached hydrogens (tertiary/aromatic N) is 3. The van der Waals surface area contributed by atoms with Crippen molar-refractivity contribution in [1.29, 1.82) is 0 Å². The minimum Gasteiger partial charge on any atom is -0.308 e. The van der Waals surface area contributed by atoms with Crippen LogP contribution >= 0.6 is 11.3 Å². The van der Waals surface area contributed by atoms with Crippen molar-refractivity contribution in [3.63, 3.8) is 0 Å². The Kier molecular flexibility index (Phi) is 5.43. The van der Waals surface area contributed by atoms with Crippen molar-refractivity contribution in [2.24, 2.45) is 0 Å². The molecule has 2 unspecified atom stereocenters. The molecule has 0 spiro atoms. The van der Waals surface area contributed by atoms with Gasteiger partial charge in [0.05, 0.1) is 0 Å². The fourth-order valence-corrected chi connectivity index (χ4v) is 5.54. The normalized spacial score (nSPS) is 25.6. The highest BCUT2D eigenvalue weighted by molar-refractivity contribution is 7.91. The van der Waals surface area contributed by atoms with Gasteiger partial charge in [-0.05, 0) is 39.4 Å². The van der Waals surface area contributed by atoms with Crippen molar-refractivity contribution in [3.05, 3.63) is 17.5 Å². The molecule has 120 valence electrons. The lowest BCUT2D eigenvalue weighted by atomic mass is 10.1. The molecule has 2 rings (SSSR count). The van der Waals surface area contributed by atoms with Gasteiger partial charge in [-0.25, -0.2) is 8.42 Å². The van der Waals surface area contributed by atoms with E-state index in [-0.39, 0.29) is 12.1 Å². The summed E-state index contributed by atoms with van der Waals surface area (Å²) < 4.78 is 27.3. The molecule has 1 aliphatic heterocycles. The van der Waals surface area contributed by atoms with Gasteiger partial charge in [0.1, 0.15) is 4.21 Å². The van der Waals surface area contributed by atoms with Crippen molar-refractivity contribution in [2.75, 3.05) is 40.3 Å². The summed E-state index contributed by atoms with van der Waals surface area (Å²) in [6.07, 6.45) is 0. The fraction of sp³-hybridized carbons (Fsp3) is 0.714. The Bertz CT molecular complexity index is 531. The van der Waals surface area contributed by atoms with Crippen LogP contribution in [0.2, 0.25) is 0 Å². The van der Waals surface area contributed by atoms with Gasteiger partial charge >= 0.3 is 0 Å². The summed E-state index contributed by atoms with van der Waals surface area (Å²) in [5.41, 5.74) is 0. The summed E-state index contributed by atoms with van der Waals surface area (Å²) in [6.45, 7) is 7.33. The molecule has 1 saturated heterocycles. The van der Waals surface area contributed by atoms with E-state index in [0.717, 1.165) is 13.1 Å². The zero-order chi connectivity index (χ0) is 15.6. The zero-order valence-electron chi connectivity index (χ0n) is 13.2. The average Bonchev–Trinajstić information content (AvgIpc) is 2.91. The molecule has 0 radical (unpaired) electrons. The number of sulfonamides is 1. The summed E-state index contributed by atoms with van der Waals surface area (Å²) in [5.74, 6) is 0. The Morgan fingerprint density at radius 2 is 1.90 bits per heavy atom. The van der Waals surface area contributed by atoms with Crippen LogP contribution in [0.5, 0.6) is 0 Å². The molecule has 0 amide bonds. The number of hydrogen-bond acceptors (Lipinski definition) is 5. The van der Waals surface area contributed by atoms with E-state index in [2.05, 4.69) is 37.7 Å². The van der Waals surface area contributed by atoms with Crippen LogP contribution in [0.25, 0.3) is 0 Å². The van der Waals surface area contributed by atoms with Gasteiger partial charge < -0.3 is 4.90 Å². The van der Waals surface area contributed by atoms with Gasteiger partial charge in [-0.2, -0.15) is 4.31 Å². The van der Waals surface area contributed by atoms with E-state index in [1.807, 2.05) is 5.38 Å². The smallest absolute Gasteiger partial charge is 0.252 e. The predicted octanol–water partition coefficient (Wildman–Crippen LogP) is 1.39. The number of likely N-dealkylation sites (N-methyl/N-ethyl adjacent to an activating group) is 1. The number of rotatable bonds is 5. The minimum atomic E-state index is -3.32. The highest BCUT2D eigenvalue weighted by Gasteiger charge is 2.36. The van der Waals surface area contributed by atoms with E-state index in [0.29, 0.717) is 17.3 Å². The molecule has 0 aromatic carbocycles. The third-order valence-corrected chi connectivity index (χ3v) is 7.17. The second kappa shape index (κ2) is 6.75. The second-order valence-corrected chi connectivity index (χ2v) is 9.11. The van der Waals surface area contributed by atoms with Crippen molar-refractivity contribution in [3.8, 4) is 0 Å². The van der Waals surface area contributed by atoms with E-state index in [4.69, 9.17) is 0 Å². The van der Waals surface area contributed by atoms with E-state index >= 15 is 0 Å². The molecule has 1 aromatic rings. The maximum Gasteiger partial charge on any atom is 0.252 e. The van der Waals surface area contributed by atoms with Gasteiger partial charge in [0.2, 0.25) is 0 Å². The molecule has 21 heavy (non-hydrogen) atoms. The second-order valence-electron chi connectivity index (χ2n) is 5.99. The van der Waals surface area contributed by atoms with Crippen LogP contribution in [0.4, 0.5) is 0 Å². The largest absolute Gasteiger partial charge is 0.308 e. The lowest BCUT2D eigenvalue weighted by Crippen LogP contribution is -2.58. The molecule has 2 heterocycles. The number of hydrogen-bond donors (Lipinski definition) is 0. The maximum absolute atomic E-state index is 12.6. The minimum absolute atomic E-state index is 0.239. The molecule has 5 nitrogen and oxygen atoms in total. The Labute approximate surface area is 132 Å². The molecule has 1 aliphatic rings. The Balaban J connectivity index is 2.08. The van der Waals surface area contributed by atoms with Crippen molar-refractivity contribution >= 4 is 21.4 Å². The number of thiophene rings is 1. The molecule has 0 N–H and O–H groups in total. The standard InChI is InChI=1S/C14H25N3O2S2/c1-12-10-16(21(18,19)14-6-5-9-20-14)11-13(2)17(12)8-7-15(3)4/h5-6,9,12-13H,7-8,10-11H2,1-4H3. The summed E-state index contributed by atoms with van der Waals surface area (Å²) >= 11 is 1.29. The van der Waals surface area contributed by atoms with Crippen LogP contribution in [-0.2, 0) is 10.0 Å². The quantitative estimate of drug-likeness (QED) is 0.818. The fourth-order valence-electron chi connectivity index (χ4n) is 2.80. The van der Waals surface area contributed by atoms with Crippen molar-refractivity contribution in [1.82, 2.24) is 14.1 Å². The monoisotopic (exact) mass is 331 g/mol. The van der Waals surface area contributed by atoms with Crippen molar-refractivity contribution < 1.29 is 8.42 Å². The Hall–Kier alpha value is -0.470. The summed E-state index contributed by atoms with van der Waals surface area (Å²) in [4.78, 5) is 4.56. The lowest BCUT2D eigenvalue weighted by Gasteiger charge is -2.44. The van der Waals surface area contributed by atoms with E-state index < -0.39 is 10.0 Å². The zero-order valence-corrected chi connectivity index (χ0v) is 14.8. The summed E-state index contributed by atoms with van der Waals surface area (Å²) in [5, 5.41) is 1.81. The first-order chi connectivity index (χ1) is 9.82. The first-order valence-corrected chi connectivity index (χ1v) is 9.58. The SMILES string of the molecule is CC1CN(S(=O)(=O)c2cccs2)CC(C)N1CCN(C)C. The average molecular weight is 332 g/mol. The first-order valence-electron chi connectivity index (χ1n) is 7.26. The Morgan fingerprint density at radius 1 is 1.29 bits per heavy atom. The maximum atomic E-state index is 12.6. The third kappa shape index (κ3) is 3.84. The van der Waals surface area contributed by atoms with Gasteiger partial charge in [-0.15, -0.1) is 11.3 Å². The van der Waals surface area contributed by atoms with E-state index in [1.54, 1.807) is 16.4 Å². The van der Waals surface area contributed by atoms with Gasteiger partial charge in [-0.3, -0.25) is 4.90 Å². The third-order valence-electron chi connectivity index (χ3n) is 3.96. The summed E-state index contributed by atoms with van der Waals surface area (Å²) in [6, 6.07) is 3.96. The van der Waals surface area contributed by atoms with Crippen LogP contribution in [-0.4, -0.2) is 74.9 Å². The van der Waals surface area contributed by atoms with Crippen LogP contribution in [0.1, 0.15) is 13.8 Å². The topological polar surface area (TPSA) is 43.9 Å². The molecule has 1 aromatic heterocycles. The Morgan fingerprint density at radius 3 is 2.38 bits per heavy atom. The first kappa shape index (κ1) is 16.9. The van der Waals surface area contributed by atoms with Crippen molar-refractivity contribution in [2.45, 2.75) is 30.1 Å². The molecular formula is C14H25N3O2S2. The van der Waals surface area contributed by atoms with Gasteiger partial charge in [0.25, 0.3) is 10.0 Å². The lowest BCUT2D eigenvalue weighted by molar-refractivity contribution is 0.0709. The van der Waals surface area contributed by atoms with Crippen LogP contribution < -0.4 is 0 Å². The predicted molar refractivity (Wildman–Crippen MR) is 87.3 cm³/mol. The van der Waals surface area contributed by atoms with Gasteiger partial charge in [-0.1, -0.05) is 6.07 Å². The number of piperazine rings is 1. The summed E-state index contributed by atoms with van der Waals surface area (Å²) in [7, 11) is 0.800. The van der Waals surface area contributed by atoms with Crippen LogP contribution in [0, 0.1) is 0 Å². The molecule has 0 saturated carbocycles. The molecule has 7 heteroatoms. The van der Waals surface area contributed by atoms with Gasteiger partial charge in [0.15, 0.2) is 0 Å². The van der Waals surface area contributed by atoms with Crippen LogP contribution in [0.15, 0.2) is 21.7 Å². The molecule has 0 aliphatic carbocycles. The highest BCUT2D eigenvalue weighted by Crippen LogP contribution is 2.25. The molecule has 1 fully saturated rings. The molecule has 2 atom stereocenters. The van der Waals surface area contributed by atoms with E-state index in [1.165, 1.54) is 11.3 Å². The van der Waals surface area contributed by atoms with Crippen LogP contribution in [0.3, 0.4) is 0 Å². The molecule has 0 bridgehead atoms. The molecular weight excluding hydrogens is 306 g/mol. The van der Waals surface area contributed by atoms with E-state index in [9.17, 15) is 8.42 Å². The highest BCUT2D eigenvalue weighted by atomic mass is 32.2. The van der Waals surface area contributed by atoms with Gasteiger partial charge in [0, 0.05) is 38.3 Å².